The van der Waals surface area contributed by atoms with Gasteiger partial charge in [-0.2, -0.15) is 0 Å². The first kappa shape index (κ1) is 11.6. The van der Waals surface area contributed by atoms with Crippen molar-refractivity contribution >= 4 is 0 Å². The normalized spacial score (nSPS) is 25.6. The molecule has 0 amide bonds. The van der Waals surface area contributed by atoms with Crippen molar-refractivity contribution in [3.63, 3.8) is 0 Å². The average Bonchev–Trinajstić information content (AvgIpc) is 2.33. The molecule has 0 unspecified atom stereocenters. The number of nitrogens with zero attached hydrogens (tertiary/aromatic N) is 1. The zero-order chi connectivity index (χ0) is 11.2. The summed E-state index contributed by atoms with van der Waals surface area (Å²) >= 11 is 0. The van der Waals surface area contributed by atoms with Crippen molar-refractivity contribution in [2.75, 3.05) is 6.54 Å². The summed E-state index contributed by atoms with van der Waals surface area (Å²) < 4.78 is 0. The van der Waals surface area contributed by atoms with E-state index in [9.17, 15) is 5.11 Å². The molecule has 0 spiro atoms. The van der Waals surface area contributed by atoms with Gasteiger partial charge in [-0.25, -0.2) is 0 Å². The van der Waals surface area contributed by atoms with E-state index in [1.165, 1.54) is 5.56 Å². The van der Waals surface area contributed by atoms with Crippen LogP contribution in [0.4, 0.5) is 0 Å². The highest BCUT2D eigenvalue weighted by Crippen LogP contribution is 2.23. The summed E-state index contributed by atoms with van der Waals surface area (Å²) in [6, 6.07) is 4.05. The van der Waals surface area contributed by atoms with Crippen LogP contribution < -0.4 is 5.32 Å². The maximum absolute atomic E-state index is 9.40. The Morgan fingerprint density at radius 3 is 2.81 bits per heavy atom. The van der Waals surface area contributed by atoms with E-state index in [-0.39, 0.29) is 6.10 Å². The van der Waals surface area contributed by atoms with E-state index in [1.807, 2.05) is 12.3 Å². The lowest BCUT2D eigenvalue weighted by Crippen LogP contribution is -2.27. The van der Waals surface area contributed by atoms with Crippen LogP contribution in [-0.4, -0.2) is 22.7 Å². The lowest BCUT2D eigenvalue weighted by Gasteiger charge is -2.25. The molecule has 0 bridgehead atoms. The van der Waals surface area contributed by atoms with Gasteiger partial charge in [-0.15, -0.1) is 0 Å². The highest BCUT2D eigenvalue weighted by Gasteiger charge is 2.18. The molecule has 16 heavy (non-hydrogen) atoms. The van der Waals surface area contributed by atoms with Gasteiger partial charge < -0.3 is 10.4 Å². The van der Waals surface area contributed by atoms with Gasteiger partial charge in [-0.3, -0.25) is 4.98 Å². The third-order valence-corrected chi connectivity index (χ3v) is 3.30. The first-order valence-corrected chi connectivity index (χ1v) is 6.12. The van der Waals surface area contributed by atoms with Gasteiger partial charge in [-0.1, -0.05) is 6.07 Å². The molecule has 2 rings (SSSR count). The summed E-state index contributed by atoms with van der Waals surface area (Å²) in [6.07, 6.45) is 7.90. The van der Waals surface area contributed by atoms with Gasteiger partial charge in [0, 0.05) is 18.9 Å². The van der Waals surface area contributed by atoms with Gasteiger partial charge in [-0.05, 0) is 49.8 Å². The molecule has 1 aromatic heterocycles. The third-order valence-electron chi connectivity index (χ3n) is 3.30. The van der Waals surface area contributed by atoms with Crippen LogP contribution in [0, 0.1) is 5.92 Å². The molecule has 88 valence electrons. The number of nitrogens with one attached hydrogen (secondary N) is 1. The summed E-state index contributed by atoms with van der Waals surface area (Å²) in [4.78, 5) is 4.09. The Hall–Kier alpha value is -0.930. The molecule has 0 aliphatic heterocycles. The van der Waals surface area contributed by atoms with Crippen LogP contribution in [0.15, 0.2) is 24.5 Å². The SMILES string of the molecule is OC1CCC(CNCc2cccnc2)CC1. The zero-order valence-electron chi connectivity index (χ0n) is 9.60. The maximum atomic E-state index is 9.40. The molecule has 1 aliphatic rings. The molecule has 1 heterocycles. The summed E-state index contributed by atoms with van der Waals surface area (Å²) in [5.74, 6) is 0.736. The van der Waals surface area contributed by atoms with Crippen molar-refractivity contribution in [1.82, 2.24) is 10.3 Å². The second-order valence-corrected chi connectivity index (χ2v) is 4.67. The zero-order valence-corrected chi connectivity index (χ0v) is 9.60. The van der Waals surface area contributed by atoms with E-state index < -0.39 is 0 Å². The Balaban J connectivity index is 1.65. The van der Waals surface area contributed by atoms with Crippen LogP contribution >= 0.6 is 0 Å². The van der Waals surface area contributed by atoms with Crippen molar-refractivity contribution in [3.05, 3.63) is 30.1 Å². The van der Waals surface area contributed by atoms with Crippen LogP contribution in [0.5, 0.6) is 0 Å². The quantitative estimate of drug-likeness (QED) is 0.812. The number of rotatable bonds is 4. The monoisotopic (exact) mass is 220 g/mol. The molecule has 0 radical (unpaired) electrons. The minimum Gasteiger partial charge on any atom is -0.393 e. The van der Waals surface area contributed by atoms with Gasteiger partial charge in [0.05, 0.1) is 6.10 Å². The molecule has 0 saturated heterocycles. The molecule has 0 atom stereocenters. The second kappa shape index (κ2) is 5.97. The van der Waals surface area contributed by atoms with Crippen molar-refractivity contribution in [1.29, 1.82) is 0 Å². The first-order chi connectivity index (χ1) is 7.84. The first-order valence-electron chi connectivity index (χ1n) is 6.12. The molecule has 0 aromatic carbocycles. The van der Waals surface area contributed by atoms with Crippen molar-refractivity contribution < 1.29 is 5.11 Å². The fourth-order valence-electron chi connectivity index (χ4n) is 2.27. The minimum atomic E-state index is -0.0467. The highest BCUT2D eigenvalue weighted by molar-refractivity contribution is 5.07. The van der Waals surface area contributed by atoms with E-state index in [0.29, 0.717) is 0 Å². The molecule has 1 saturated carbocycles. The standard InChI is InChI=1S/C13H20N2O/c16-13-5-3-11(4-6-13)8-15-10-12-2-1-7-14-9-12/h1-2,7,9,11,13,15-16H,3-6,8,10H2. The fraction of sp³-hybridized carbons (Fsp3) is 0.615. The van der Waals surface area contributed by atoms with Gasteiger partial charge in [0.25, 0.3) is 0 Å². The molecule has 3 heteroatoms. The van der Waals surface area contributed by atoms with Crippen molar-refractivity contribution in [3.8, 4) is 0 Å². The topological polar surface area (TPSA) is 45.1 Å². The van der Waals surface area contributed by atoms with Crippen LogP contribution in [0.3, 0.4) is 0 Å². The Morgan fingerprint density at radius 2 is 2.12 bits per heavy atom. The smallest absolute Gasteiger partial charge is 0.0540 e. The van der Waals surface area contributed by atoms with Crippen LogP contribution in [0.25, 0.3) is 0 Å². The summed E-state index contributed by atoms with van der Waals surface area (Å²) in [5.41, 5.74) is 1.23. The Kier molecular flexibility index (Phi) is 4.31. The van der Waals surface area contributed by atoms with Gasteiger partial charge in [0.2, 0.25) is 0 Å². The van der Waals surface area contributed by atoms with Gasteiger partial charge in [0.15, 0.2) is 0 Å². The maximum Gasteiger partial charge on any atom is 0.0540 e. The Morgan fingerprint density at radius 1 is 1.31 bits per heavy atom. The third kappa shape index (κ3) is 3.58. The highest BCUT2D eigenvalue weighted by atomic mass is 16.3. The summed E-state index contributed by atoms with van der Waals surface area (Å²) in [6.45, 7) is 1.95. The predicted molar refractivity (Wildman–Crippen MR) is 63.9 cm³/mol. The average molecular weight is 220 g/mol. The summed E-state index contributed by atoms with van der Waals surface area (Å²) in [5, 5.41) is 12.9. The molecular formula is C13H20N2O. The number of aliphatic hydroxyl groups excluding tert-OH is 1. The number of aromatic nitrogens is 1. The lowest BCUT2D eigenvalue weighted by molar-refractivity contribution is 0.108. The number of aliphatic hydroxyl groups is 1. The molecule has 1 fully saturated rings. The van der Waals surface area contributed by atoms with Crippen molar-refractivity contribution in [2.45, 2.75) is 38.3 Å². The van der Waals surface area contributed by atoms with E-state index >= 15 is 0 Å². The number of hydrogen-bond acceptors (Lipinski definition) is 3. The fourth-order valence-corrected chi connectivity index (χ4v) is 2.27. The molecular weight excluding hydrogens is 200 g/mol. The van der Waals surface area contributed by atoms with Gasteiger partial charge >= 0.3 is 0 Å². The lowest BCUT2D eigenvalue weighted by atomic mass is 9.87. The summed E-state index contributed by atoms with van der Waals surface area (Å²) in [7, 11) is 0. The molecule has 2 N–H and O–H groups in total. The second-order valence-electron chi connectivity index (χ2n) is 4.67. The van der Waals surface area contributed by atoms with E-state index in [4.69, 9.17) is 0 Å². The Labute approximate surface area is 96.9 Å². The number of pyridine rings is 1. The van der Waals surface area contributed by atoms with E-state index in [2.05, 4.69) is 16.4 Å². The predicted octanol–water partition coefficient (Wildman–Crippen LogP) is 1.72. The van der Waals surface area contributed by atoms with Crippen LogP contribution in [-0.2, 0) is 6.54 Å². The van der Waals surface area contributed by atoms with E-state index in [0.717, 1.165) is 44.7 Å². The largest absolute Gasteiger partial charge is 0.393 e. The van der Waals surface area contributed by atoms with Crippen LogP contribution in [0.2, 0.25) is 0 Å². The molecule has 1 aliphatic carbocycles. The molecule has 1 aromatic rings. The minimum absolute atomic E-state index is 0.0467. The van der Waals surface area contributed by atoms with Crippen LogP contribution in [0.1, 0.15) is 31.2 Å². The number of hydrogen-bond donors (Lipinski definition) is 2. The van der Waals surface area contributed by atoms with E-state index in [1.54, 1.807) is 6.20 Å². The van der Waals surface area contributed by atoms with Crippen molar-refractivity contribution in [2.24, 2.45) is 5.92 Å². The molecule has 3 nitrogen and oxygen atoms in total. The Bertz CT molecular complexity index is 294. The van der Waals surface area contributed by atoms with Gasteiger partial charge in [0.1, 0.15) is 0 Å².